The zero-order chi connectivity index (χ0) is 22.1. The zero-order valence-electron chi connectivity index (χ0n) is 17.5. The number of nitrogens with one attached hydrogen (secondary N) is 1. The van der Waals surface area contributed by atoms with Gasteiger partial charge in [0, 0.05) is 36.3 Å². The highest BCUT2D eigenvalue weighted by molar-refractivity contribution is 5.81. The summed E-state index contributed by atoms with van der Waals surface area (Å²) in [5.74, 6) is 0.181. The third-order valence-electron chi connectivity index (χ3n) is 5.52. The van der Waals surface area contributed by atoms with E-state index < -0.39 is 0 Å². The van der Waals surface area contributed by atoms with E-state index in [0.29, 0.717) is 34.7 Å². The van der Waals surface area contributed by atoms with Crippen molar-refractivity contribution in [2.75, 3.05) is 17.7 Å². The highest BCUT2D eigenvalue weighted by Gasteiger charge is 2.29. The lowest BCUT2D eigenvalue weighted by Crippen LogP contribution is -2.24. The number of phenols is 1. The van der Waals surface area contributed by atoms with Gasteiger partial charge in [-0.15, -0.1) is 0 Å². The molecular formula is C24H25FN4O2. The average Bonchev–Trinajstić information content (AvgIpc) is 3.58. The van der Waals surface area contributed by atoms with Gasteiger partial charge in [-0.05, 0) is 61.7 Å². The van der Waals surface area contributed by atoms with E-state index in [1.54, 1.807) is 48.3 Å². The van der Waals surface area contributed by atoms with Gasteiger partial charge in [0.2, 0.25) is 5.91 Å². The van der Waals surface area contributed by atoms with Crippen molar-refractivity contribution in [3.05, 3.63) is 65.5 Å². The van der Waals surface area contributed by atoms with Gasteiger partial charge in [-0.3, -0.25) is 4.79 Å². The first kappa shape index (κ1) is 20.7. The molecule has 1 saturated carbocycles. The SMILES string of the molecule is Cc1ccc(N(C)c2ccc(O)c(-c3ccc(CNC(=O)C4CC4)c(N)n3)c2)c(F)c1. The maximum Gasteiger partial charge on any atom is 0.223 e. The number of carbonyl (C=O) groups is 1. The topological polar surface area (TPSA) is 91.5 Å². The lowest BCUT2D eigenvalue weighted by molar-refractivity contribution is -0.122. The lowest BCUT2D eigenvalue weighted by atomic mass is 10.1. The number of hydrogen-bond acceptors (Lipinski definition) is 5. The van der Waals surface area contributed by atoms with Crippen molar-refractivity contribution < 1.29 is 14.3 Å². The highest BCUT2D eigenvalue weighted by Crippen LogP contribution is 2.35. The first-order valence-electron chi connectivity index (χ1n) is 10.2. The Labute approximate surface area is 180 Å². The second-order valence-corrected chi connectivity index (χ2v) is 7.95. The number of pyridine rings is 1. The number of rotatable bonds is 6. The first-order valence-corrected chi connectivity index (χ1v) is 10.2. The van der Waals surface area contributed by atoms with Crippen LogP contribution in [0.4, 0.5) is 21.6 Å². The number of phenolic OH excluding ortho intramolecular Hbond substituents is 1. The van der Waals surface area contributed by atoms with Crippen LogP contribution in [0.3, 0.4) is 0 Å². The molecule has 6 nitrogen and oxygen atoms in total. The Morgan fingerprint density at radius 2 is 2.00 bits per heavy atom. The van der Waals surface area contributed by atoms with Crippen LogP contribution in [0, 0.1) is 18.7 Å². The molecule has 160 valence electrons. The summed E-state index contributed by atoms with van der Waals surface area (Å²) in [5, 5.41) is 13.3. The van der Waals surface area contributed by atoms with Gasteiger partial charge in [-0.25, -0.2) is 9.37 Å². The Balaban J connectivity index is 1.59. The molecule has 0 bridgehead atoms. The largest absolute Gasteiger partial charge is 0.507 e. The molecule has 1 amide bonds. The second kappa shape index (κ2) is 8.26. The van der Waals surface area contributed by atoms with E-state index in [9.17, 15) is 14.3 Å². The summed E-state index contributed by atoms with van der Waals surface area (Å²) in [7, 11) is 1.76. The number of halogens is 1. The van der Waals surface area contributed by atoms with Gasteiger partial charge in [0.1, 0.15) is 17.4 Å². The number of carbonyl (C=O) groups excluding carboxylic acids is 1. The number of anilines is 3. The van der Waals surface area contributed by atoms with Gasteiger partial charge in [-0.1, -0.05) is 12.1 Å². The third-order valence-corrected chi connectivity index (χ3v) is 5.52. The van der Waals surface area contributed by atoms with Crippen molar-refractivity contribution in [1.82, 2.24) is 10.3 Å². The average molecular weight is 420 g/mol. The molecule has 0 radical (unpaired) electrons. The first-order chi connectivity index (χ1) is 14.8. The highest BCUT2D eigenvalue weighted by atomic mass is 19.1. The molecule has 0 spiro atoms. The maximum atomic E-state index is 14.4. The summed E-state index contributed by atoms with van der Waals surface area (Å²) in [6.45, 7) is 2.15. The van der Waals surface area contributed by atoms with E-state index >= 15 is 0 Å². The van der Waals surface area contributed by atoms with Crippen molar-refractivity contribution in [3.63, 3.8) is 0 Å². The molecule has 2 aromatic carbocycles. The van der Waals surface area contributed by atoms with Crippen LogP contribution in [-0.2, 0) is 11.3 Å². The number of aromatic nitrogens is 1. The zero-order valence-corrected chi connectivity index (χ0v) is 17.5. The van der Waals surface area contributed by atoms with Crippen LogP contribution < -0.4 is 16.0 Å². The molecule has 1 aliphatic rings. The fraction of sp³-hybridized carbons (Fsp3) is 0.250. The molecule has 0 aliphatic heterocycles. The normalized spacial score (nSPS) is 13.1. The quantitative estimate of drug-likeness (QED) is 0.554. The van der Waals surface area contributed by atoms with Crippen LogP contribution in [0.15, 0.2) is 48.5 Å². The molecule has 3 aromatic rings. The summed E-state index contributed by atoms with van der Waals surface area (Å²) in [4.78, 5) is 18.0. The Hall–Kier alpha value is -3.61. The number of nitrogens with two attached hydrogens (primary N) is 1. The molecule has 1 aliphatic carbocycles. The summed E-state index contributed by atoms with van der Waals surface area (Å²) < 4.78 is 14.4. The Kier molecular flexibility index (Phi) is 5.50. The molecule has 31 heavy (non-hydrogen) atoms. The van der Waals surface area contributed by atoms with E-state index in [2.05, 4.69) is 10.3 Å². The summed E-state index contributed by atoms with van der Waals surface area (Å²) in [6, 6.07) is 13.6. The number of nitrogen functional groups attached to an aromatic ring is 1. The number of aromatic hydroxyl groups is 1. The van der Waals surface area contributed by atoms with Crippen LogP contribution in [-0.4, -0.2) is 23.0 Å². The lowest BCUT2D eigenvalue weighted by Gasteiger charge is -2.21. The van der Waals surface area contributed by atoms with Crippen molar-refractivity contribution in [2.45, 2.75) is 26.3 Å². The predicted octanol–water partition coefficient (Wildman–Crippen LogP) is 4.28. The number of aryl methyl sites for hydroxylation is 1. The molecule has 0 saturated heterocycles. The number of benzene rings is 2. The molecular weight excluding hydrogens is 395 g/mol. The maximum absolute atomic E-state index is 14.4. The van der Waals surface area contributed by atoms with Crippen molar-refractivity contribution in [1.29, 1.82) is 0 Å². The minimum Gasteiger partial charge on any atom is -0.507 e. The van der Waals surface area contributed by atoms with Gasteiger partial charge in [0.05, 0.1) is 11.4 Å². The van der Waals surface area contributed by atoms with Crippen LogP contribution in [0.5, 0.6) is 5.75 Å². The van der Waals surface area contributed by atoms with E-state index in [4.69, 9.17) is 5.73 Å². The minimum atomic E-state index is -0.322. The minimum absolute atomic E-state index is 0.0418. The van der Waals surface area contributed by atoms with Gasteiger partial charge in [-0.2, -0.15) is 0 Å². The van der Waals surface area contributed by atoms with Crippen LogP contribution in [0.25, 0.3) is 11.3 Å². The number of nitrogens with zero attached hydrogens (tertiary/aromatic N) is 2. The monoisotopic (exact) mass is 420 g/mol. The number of hydrogen-bond donors (Lipinski definition) is 3. The molecule has 1 aromatic heterocycles. The van der Waals surface area contributed by atoms with Crippen molar-refractivity contribution in [3.8, 4) is 17.0 Å². The third kappa shape index (κ3) is 4.45. The Morgan fingerprint density at radius 1 is 1.23 bits per heavy atom. The van der Waals surface area contributed by atoms with E-state index in [1.165, 1.54) is 6.07 Å². The van der Waals surface area contributed by atoms with Crippen LogP contribution in [0.1, 0.15) is 24.0 Å². The molecule has 7 heteroatoms. The number of amides is 1. The van der Waals surface area contributed by atoms with Crippen LogP contribution in [0.2, 0.25) is 0 Å². The van der Waals surface area contributed by atoms with E-state index in [0.717, 1.165) is 18.4 Å². The molecule has 0 unspecified atom stereocenters. The van der Waals surface area contributed by atoms with E-state index in [1.807, 2.05) is 13.0 Å². The fourth-order valence-corrected chi connectivity index (χ4v) is 3.44. The van der Waals surface area contributed by atoms with Gasteiger partial charge >= 0.3 is 0 Å². The summed E-state index contributed by atoms with van der Waals surface area (Å²) in [6.07, 6.45) is 1.88. The van der Waals surface area contributed by atoms with Crippen LogP contribution >= 0.6 is 0 Å². The van der Waals surface area contributed by atoms with Crippen molar-refractivity contribution in [2.24, 2.45) is 5.92 Å². The Bertz CT molecular complexity index is 1140. The molecule has 0 atom stereocenters. The van der Waals surface area contributed by atoms with Gasteiger partial charge in [0.25, 0.3) is 0 Å². The summed E-state index contributed by atoms with van der Waals surface area (Å²) >= 11 is 0. The summed E-state index contributed by atoms with van der Waals surface area (Å²) in [5.41, 5.74) is 9.76. The second-order valence-electron chi connectivity index (χ2n) is 7.95. The van der Waals surface area contributed by atoms with Gasteiger partial charge < -0.3 is 21.1 Å². The van der Waals surface area contributed by atoms with Gasteiger partial charge in [0.15, 0.2) is 0 Å². The Morgan fingerprint density at radius 3 is 2.68 bits per heavy atom. The predicted molar refractivity (Wildman–Crippen MR) is 120 cm³/mol. The smallest absolute Gasteiger partial charge is 0.223 e. The molecule has 4 rings (SSSR count). The molecule has 1 fully saturated rings. The fourth-order valence-electron chi connectivity index (χ4n) is 3.44. The molecule has 4 N–H and O–H groups in total. The standard InChI is InChI=1S/C24H25FN4O2/c1-14-3-9-21(19(25)11-14)29(2)17-7-10-22(30)18(12-17)20-8-6-16(23(26)28-20)13-27-24(31)15-4-5-15/h3,6-12,15,30H,4-5,13H2,1-2H3,(H2,26,28)(H,27,31). The van der Waals surface area contributed by atoms with E-state index in [-0.39, 0.29) is 29.2 Å². The molecule has 1 heterocycles. The van der Waals surface area contributed by atoms with Crippen molar-refractivity contribution >= 4 is 23.1 Å².